The lowest BCUT2D eigenvalue weighted by Gasteiger charge is -2.34. The van der Waals surface area contributed by atoms with Gasteiger partial charge in [0.15, 0.2) is 5.60 Å². The Labute approximate surface area is 120 Å². The molecule has 0 atom stereocenters. The minimum absolute atomic E-state index is 0.0448. The molecular weight excluding hydrogens is 282 g/mol. The van der Waals surface area contributed by atoms with Gasteiger partial charge in [0.1, 0.15) is 0 Å². The molecule has 0 saturated carbocycles. The Morgan fingerprint density at radius 1 is 1.30 bits per heavy atom. The topological polar surface area (TPSA) is 94.9 Å². The fourth-order valence-electron chi connectivity index (χ4n) is 2.01. The highest BCUT2D eigenvalue weighted by Crippen LogP contribution is 2.24. The summed E-state index contributed by atoms with van der Waals surface area (Å²) in [4.78, 5) is 10.9. The molecule has 0 spiro atoms. The van der Waals surface area contributed by atoms with E-state index in [9.17, 15) is 18.3 Å². The normalized spacial score (nSPS) is 20.6. The number of sulfonamides is 1. The molecule has 0 radical (unpaired) electrons. The van der Waals surface area contributed by atoms with E-state index in [0.29, 0.717) is 5.92 Å². The molecule has 116 valence electrons. The monoisotopic (exact) mass is 305 g/mol. The molecule has 1 aliphatic rings. The maximum absolute atomic E-state index is 12.1. The fraction of sp³-hybridized carbons (Fsp3) is 0.769. The van der Waals surface area contributed by atoms with E-state index in [0.717, 1.165) is 6.42 Å². The van der Waals surface area contributed by atoms with Crippen molar-refractivity contribution in [1.29, 1.82) is 0 Å². The lowest BCUT2D eigenvalue weighted by molar-refractivity contribution is -0.162. The van der Waals surface area contributed by atoms with Gasteiger partial charge in [-0.2, -0.15) is 0 Å². The molecule has 1 saturated heterocycles. The van der Waals surface area contributed by atoms with Gasteiger partial charge in [0.2, 0.25) is 10.0 Å². The second kappa shape index (κ2) is 6.69. The Morgan fingerprint density at radius 3 is 2.30 bits per heavy atom. The number of rotatable bonds is 6. The molecule has 0 aromatic heterocycles. The highest BCUT2D eigenvalue weighted by Gasteiger charge is 2.41. The van der Waals surface area contributed by atoms with Crippen LogP contribution in [0.2, 0.25) is 0 Å². The van der Waals surface area contributed by atoms with Crippen LogP contribution in [0.15, 0.2) is 12.2 Å². The maximum atomic E-state index is 12.1. The standard InChI is InChI=1S/C13H23NO5S/c1-11(2)5-3-4-10-20(18,19)14-8-6-13(17,7-9-14)12(15)16/h3-4,11,17H,5-10H2,1-2H3,(H,15,16). The third-order valence-corrected chi connectivity index (χ3v) is 5.19. The number of aliphatic carboxylic acids is 1. The van der Waals surface area contributed by atoms with E-state index < -0.39 is 21.6 Å². The van der Waals surface area contributed by atoms with Crippen molar-refractivity contribution >= 4 is 16.0 Å². The van der Waals surface area contributed by atoms with Crippen molar-refractivity contribution in [2.45, 2.75) is 38.7 Å². The minimum Gasteiger partial charge on any atom is -0.479 e. The molecule has 0 bridgehead atoms. The summed E-state index contributed by atoms with van der Waals surface area (Å²) in [7, 11) is -3.41. The van der Waals surface area contributed by atoms with Crippen LogP contribution in [-0.2, 0) is 14.8 Å². The van der Waals surface area contributed by atoms with Crippen LogP contribution >= 0.6 is 0 Å². The maximum Gasteiger partial charge on any atom is 0.335 e. The molecular formula is C13H23NO5S. The van der Waals surface area contributed by atoms with Crippen molar-refractivity contribution in [2.24, 2.45) is 5.92 Å². The zero-order valence-electron chi connectivity index (χ0n) is 11.9. The molecule has 1 aliphatic heterocycles. The highest BCUT2D eigenvalue weighted by atomic mass is 32.2. The Morgan fingerprint density at radius 2 is 1.85 bits per heavy atom. The zero-order chi connectivity index (χ0) is 15.4. The van der Waals surface area contributed by atoms with E-state index in [4.69, 9.17) is 5.11 Å². The van der Waals surface area contributed by atoms with E-state index >= 15 is 0 Å². The highest BCUT2D eigenvalue weighted by molar-refractivity contribution is 7.89. The van der Waals surface area contributed by atoms with Crippen LogP contribution in [0.4, 0.5) is 0 Å². The van der Waals surface area contributed by atoms with E-state index in [1.165, 1.54) is 4.31 Å². The van der Waals surface area contributed by atoms with Crippen LogP contribution in [0, 0.1) is 5.92 Å². The molecule has 1 fully saturated rings. The quantitative estimate of drug-likeness (QED) is 0.709. The number of nitrogens with zero attached hydrogens (tertiary/aromatic N) is 1. The first-order valence-electron chi connectivity index (χ1n) is 6.76. The number of carboxylic acid groups (broad SMARTS) is 1. The molecule has 2 N–H and O–H groups in total. The molecule has 1 heterocycles. The zero-order valence-corrected chi connectivity index (χ0v) is 12.8. The molecule has 6 nitrogen and oxygen atoms in total. The number of hydrogen-bond donors (Lipinski definition) is 2. The van der Waals surface area contributed by atoms with Gasteiger partial charge in [0, 0.05) is 25.9 Å². The minimum atomic E-state index is -3.41. The average Bonchev–Trinajstić information content (AvgIpc) is 2.35. The third kappa shape index (κ3) is 4.57. The molecule has 1 rings (SSSR count). The summed E-state index contributed by atoms with van der Waals surface area (Å²) in [6, 6.07) is 0. The fourth-order valence-corrected chi connectivity index (χ4v) is 3.34. The first-order chi connectivity index (χ1) is 9.17. The van der Waals surface area contributed by atoms with Gasteiger partial charge in [-0.05, 0) is 12.3 Å². The van der Waals surface area contributed by atoms with Crippen LogP contribution in [0.5, 0.6) is 0 Å². The van der Waals surface area contributed by atoms with E-state index in [2.05, 4.69) is 13.8 Å². The number of carboxylic acids is 1. The van der Waals surface area contributed by atoms with Crippen LogP contribution in [0.3, 0.4) is 0 Å². The predicted octanol–water partition coefficient (Wildman–Crippen LogP) is 0.830. The Balaban J connectivity index is 2.55. The molecule has 7 heteroatoms. The molecule has 0 unspecified atom stereocenters. The summed E-state index contributed by atoms with van der Waals surface area (Å²) in [5.74, 6) is -0.883. The van der Waals surface area contributed by atoms with Gasteiger partial charge in [-0.25, -0.2) is 17.5 Å². The molecule has 20 heavy (non-hydrogen) atoms. The molecule has 0 amide bonds. The van der Waals surface area contributed by atoms with Crippen molar-refractivity contribution in [2.75, 3.05) is 18.8 Å². The third-order valence-electron chi connectivity index (χ3n) is 3.42. The summed E-state index contributed by atoms with van der Waals surface area (Å²) in [6.45, 7) is 4.19. The lowest BCUT2D eigenvalue weighted by atomic mass is 9.93. The van der Waals surface area contributed by atoms with Gasteiger partial charge < -0.3 is 10.2 Å². The van der Waals surface area contributed by atoms with E-state index in [1.807, 2.05) is 6.08 Å². The van der Waals surface area contributed by atoms with Crippen molar-refractivity contribution in [1.82, 2.24) is 4.31 Å². The smallest absolute Gasteiger partial charge is 0.335 e. The van der Waals surface area contributed by atoms with Crippen molar-refractivity contribution < 1.29 is 23.4 Å². The Hall–Kier alpha value is -0.920. The summed E-state index contributed by atoms with van der Waals surface area (Å²) >= 11 is 0. The summed E-state index contributed by atoms with van der Waals surface area (Å²) in [5.41, 5.74) is -1.79. The van der Waals surface area contributed by atoms with Crippen LogP contribution in [-0.4, -0.2) is 53.3 Å². The largest absolute Gasteiger partial charge is 0.479 e. The average molecular weight is 305 g/mol. The first-order valence-corrected chi connectivity index (χ1v) is 8.37. The molecule has 0 aromatic rings. The van der Waals surface area contributed by atoms with Crippen molar-refractivity contribution in [3.63, 3.8) is 0 Å². The van der Waals surface area contributed by atoms with Gasteiger partial charge >= 0.3 is 5.97 Å². The molecule has 0 aromatic carbocycles. The predicted molar refractivity (Wildman–Crippen MR) is 75.8 cm³/mol. The van der Waals surface area contributed by atoms with Crippen molar-refractivity contribution in [3.8, 4) is 0 Å². The van der Waals surface area contributed by atoms with Crippen LogP contribution in [0.1, 0.15) is 33.1 Å². The Bertz CT molecular complexity index is 461. The van der Waals surface area contributed by atoms with E-state index in [-0.39, 0.29) is 31.7 Å². The number of hydrogen-bond acceptors (Lipinski definition) is 4. The first kappa shape index (κ1) is 17.1. The van der Waals surface area contributed by atoms with Gasteiger partial charge in [-0.1, -0.05) is 26.0 Å². The number of carbonyl (C=O) groups is 1. The number of piperidine rings is 1. The van der Waals surface area contributed by atoms with Gasteiger partial charge in [0.05, 0.1) is 5.75 Å². The van der Waals surface area contributed by atoms with Gasteiger partial charge in [0.25, 0.3) is 0 Å². The van der Waals surface area contributed by atoms with Crippen LogP contribution < -0.4 is 0 Å². The molecule has 0 aliphatic carbocycles. The summed E-state index contributed by atoms with van der Waals surface area (Å²) in [6.07, 6.45) is 4.16. The second-order valence-electron chi connectivity index (χ2n) is 5.62. The SMILES string of the molecule is CC(C)CC=CCS(=O)(=O)N1CCC(O)(C(=O)O)CC1. The van der Waals surface area contributed by atoms with Gasteiger partial charge in [-0.3, -0.25) is 0 Å². The summed E-state index contributed by atoms with van der Waals surface area (Å²) < 4.78 is 25.4. The number of allylic oxidation sites excluding steroid dienone is 1. The van der Waals surface area contributed by atoms with E-state index in [1.54, 1.807) is 6.08 Å². The summed E-state index contributed by atoms with van der Waals surface area (Å²) in [5, 5.41) is 18.7. The van der Waals surface area contributed by atoms with Crippen LogP contribution in [0.25, 0.3) is 0 Å². The second-order valence-corrected chi connectivity index (χ2v) is 7.63. The number of aliphatic hydroxyl groups is 1. The van der Waals surface area contributed by atoms with Gasteiger partial charge in [-0.15, -0.1) is 0 Å². The van der Waals surface area contributed by atoms with Crippen molar-refractivity contribution in [3.05, 3.63) is 12.2 Å². The lowest BCUT2D eigenvalue weighted by Crippen LogP contribution is -2.51. The Kier molecular flexibility index (Phi) is 5.73.